The van der Waals surface area contributed by atoms with Crippen LogP contribution in [0.15, 0.2) is 18.2 Å². The summed E-state index contributed by atoms with van der Waals surface area (Å²) in [6.45, 7) is 6.09. The van der Waals surface area contributed by atoms with Crippen LogP contribution in [0, 0.1) is 0 Å². The minimum Gasteiger partial charge on any atom is -0.494 e. The molecule has 0 aliphatic rings. The van der Waals surface area contributed by atoms with Crippen LogP contribution in [0.1, 0.15) is 19.7 Å². The van der Waals surface area contributed by atoms with Crippen LogP contribution >= 0.6 is 0 Å². The molecule has 0 fully saturated rings. The van der Waals surface area contributed by atoms with E-state index in [4.69, 9.17) is 10.5 Å². The first-order valence-electron chi connectivity index (χ1n) is 5.62. The van der Waals surface area contributed by atoms with Crippen LogP contribution in [0.25, 0.3) is 11.0 Å². The number of nitrogens with zero attached hydrogens (tertiary/aromatic N) is 2. The van der Waals surface area contributed by atoms with Gasteiger partial charge in [0.2, 0.25) is 0 Å². The molecule has 16 heavy (non-hydrogen) atoms. The smallest absolute Gasteiger partial charge is 0.123 e. The van der Waals surface area contributed by atoms with Gasteiger partial charge in [0.05, 0.1) is 24.2 Å². The van der Waals surface area contributed by atoms with Crippen molar-refractivity contribution in [2.45, 2.75) is 26.9 Å². The first-order chi connectivity index (χ1) is 7.80. The van der Waals surface area contributed by atoms with Crippen molar-refractivity contribution in [2.24, 2.45) is 5.73 Å². The second-order valence-corrected chi connectivity index (χ2v) is 3.56. The molecule has 0 bridgehead atoms. The molecule has 0 saturated carbocycles. The van der Waals surface area contributed by atoms with E-state index in [1.54, 1.807) is 0 Å². The summed E-state index contributed by atoms with van der Waals surface area (Å²) in [5.74, 6) is 1.78. The van der Waals surface area contributed by atoms with E-state index in [0.717, 1.165) is 29.2 Å². The summed E-state index contributed by atoms with van der Waals surface area (Å²) >= 11 is 0. The molecule has 0 aliphatic carbocycles. The lowest BCUT2D eigenvalue weighted by Gasteiger charge is -2.04. The predicted molar refractivity (Wildman–Crippen MR) is 64.5 cm³/mol. The normalized spacial score (nSPS) is 10.9. The van der Waals surface area contributed by atoms with Gasteiger partial charge in [-0.15, -0.1) is 0 Å². The van der Waals surface area contributed by atoms with Gasteiger partial charge in [-0.2, -0.15) is 0 Å². The maximum atomic E-state index is 5.67. The van der Waals surface area contributed by atoms with Gasteiger partial charge in [0.15, 0.2) is 0 Å². The van der Waals surface area contributed by atoms with Gasteiger partial charge in [0.1, 0.15) is 11.6 Å². The Bertz CT molecular complexity index is 490. The van der Waals surface area contributed by atoms with E-state index in [9.17, 15) is 0 Å². The quantitative estimate of drug-likeness (QED) is 0.854. The maximum Gasteiger partial charge on any atom is 0.123 e. The summed E-state index contributed by atoms with van der Waals surface area (Å²) in [5.41, 5.74) is 7.74. The minimum atomic E-state index is 0.465. The van der Waals surface area contributed by atoms with Crippen LogP contribution in [0.3, 0.4) is 0 Å². The lowest BCUT2D eigenvalue weighted by Crippen LogP contribution is -2.06. The lowest BCUT2D eigenvalue weighted by atomic mass is 10.3. The fourth-order valence-corrected chi connectivity index (χ4v) is 1.92. The van der Waals surface area contributed by atoms with E-state index in [1.165, 1.54) is 0 Å². The van der Waals surface area contributed by atoms with Gasteiger partial charge < -0.3 is 15.0 Å². The summed E-state index contributed by atoms with van der Waals surface area (Å²) in [5, 5.41) is 0. The summed E-state index contributed by atoms with van der Waals surface area (Å²) in [6, 6.07) is 5.97. The van der Waals surface area contributed by atoms with Crippen molar-refractivity contribution in [1.29, 1.82) is 0 Å². The molecule has 0 aliphatic heterocycles. The predicted octanol–water partition coefficient (Wildman–Crippen LogP) is 1.91. The number of ether oxygens (including phenoxy) is 1. The molecule has 2 N–H and O–H groups in total. The summed E-state index contributed by atoms with van der Waals surface area (Å²) in [4.78, 5) is 4.50. The number of nitrogens with two attached hydrogens (primary N) is 1. The van der Waals surface area contributed by atoms with E-state index in [-0.39, 0.29) is 0 Å². The zero-order valence-corrected chi connectivity index (χ0v) is 9.73. The standard InChI is InChI=1S/C12H17N3O/c1-3-15-11-6-5-9(16-4-2)7-10(11)14-12(15)8-13/h5-7H,3-4,8,13H2,1-2H3. The first kappa shape index (κ1) is 11.0. The van der Waals surface area contributed by atoms with Crippen molar-refractivity contribution < 1.29 is 4.74 Å². The third-order valence-corrected chi connectivity index (χ3v) is 2.61. The van der Waals surface area contributed by atoms with Crippen molar-refractivity contribution in [1.82, 2.24) is 9.55 Å². The Morgan fingerprint density at radius 1 is 1.38 bits per heavy atom. The molecule has 0 atom stereocenters. The minimum absolute atomic E-state index is 0.465. The molecule has 1 aromatic heterocycles. The van der Waals surface area contributed by atoms with E-state index >= 15 is 0 Å². The van der Waals surface area contributed by atoms with E-state index in [0.29, 0.717) is 13.2 Å². The highest BCUT2D eigenvalue weighted by atomic mass is 16.5. The van der Waals surface area contributed by atoms with Crippen LogP contribution in [-0.4, -0.2) is 16.2 Å². The van der Waals surface area contributed by atoms with Gasteiger partial charge in [0, 0.05) is 12.6 Å². The largest absolute Gasteiger partial charge is 0.494 e. The van der Waals surface area contributed by atoms with Gasteiger partial charge in [-0.1, -0.05) is 0 Å². The molecule has 86 valence electrons. The van der Waals surface area contributed by atoms with Crippen molar-refractivity contribution >= 4 is 11.0 Å². The lowest BCUT2D eigenvalue weighted by molar-refractivity contribution is 0.340. The van der Waals surface area contributed by atoms with Crippen molar-refractivity contribution in [3.8, 4) is 5.75 Å². The number of aromatic nitrogens is 2. The van der Waals surface area contributed by atoms with E-state index in [1.807, 2.05) is 25.1 Å². The van der Waals surface area contributed by atoms with Crippen LogP contribution in [0.2, 0.25) is 0 Å². The van der Waals surface area contributed by atoms with Crippen LogP contribution in [0.4, 0.5) is 0 Å². The molecule has 0 radical (unpaired) electrons. The van der Waals surface area contributed by atoms with Gasteiger partial charge in [0.25, 0.3) is 0 Å². The van der Waals surface area contributed by atoms with Gasteiger partial charge in [-0.25, -0.2) is 4.98 Å². The fourth-order valence-electron chi connectivity index (χ4n) is 1.92. The Balaban J connectivity index is 2.54. The Morgan fingerprint density at radius 3 is 2.81 bits per heavy atom. The number of rotatable bonds is 4. The molecule has 1 heterocycles. The highest BCUT2D eigenvalue weighted by molar-refractivity contribution is 5.77. The Labute approximate surface area is 95.0 Å². The molecular formula is C12H17N3O. The van der Waals surface area contributed by atoms with Crippen LogP contribution < -0.4 is 10.5 Å². The SMILES string of the molecule is CCOc1ccc2c(c1)nc(CN)n2CC. The highest BCUT2D eigenvalue weighted by Gasteiger charge is 2.08. The average molecular weight is 219 g/mol. The topological polar surface area (TPSA) is 53.1 Å². The van der Waals surface area contributed by atoms with Crippen molar-refractivity contribution in [2.75, 3.05) is 6.61 Å². The molecule has 0 saturated heterocycles. The number of hydrogen-bond donors (Lipinski definition) is 1. The molecule has 0 unspecified atom stereocenters. The summed E-state index contributed by atoms with van der Waals surface area (Å²) in [6.07, 6.45) is 0. The van der Waals surface area contributed by atoms with E-state index in [2.05, 4.69) is 16.5 Å². The van der Waals surface area contributed by atoms with Gasteiger partial charge >= 0.3 is 0 Å². The second kappa shape index (κ2) is 4.53. The molecule has 2 rings (SSSR count). The molecule has 0 spiro atoms. The first-order valence-corrected chi connectivity index (χ1v) is 5.62. The second-order valence-electron chi connectivity index (χ2n) is 3.56. The van der Waals surface area contributed by atoms with E-state index < -0.39 is 0 Å². The molecule has 2 aromatic rings. The van der Waals surface area contributed by atoms with Crippen molar-refractivity contribution in [3.63, 3.8) is 0 Å². The molecule has 4 heteroatoms. The third kappa shape index (κ3) is 1.76. The Morgan fingerprint density at radius 2 is 2.19 bits per heavy atom. The molecule has 4 nitrogen and oxygen atoms in total. The van der Waals surface area contributed by atoms with Gasteiger partial charge in [-0.05, 0) is 26.0 Å². The summed E-state index contributed by atoms with van der Waals surface area (Å²) < 4.78 is 7.58. The summed E-state index contributed by atoms with van der Waals surface area (Å²) in [7, 11) is 0. The number of hydrogen-bond acceptors (Lipinski definition) is 3. The zero-order valence-electron chi connectivity index (χ0n) is 9.73. The number of imidazole rings is 1. The fraction of sp³-hybridized carbons (Fsp3) is 0.417. The van der Waals surface area contributed by atoms with Crippen molar-refractivity contribution in [3.05, 3.63) is 24.0 Å². The molecule has 0 amide bonds. The Kier molecular flexibility index (Phi) is 3.10. The molecular weight excluding hydrogens is 202 g/mol. The van der Waals surface area contributed by atoms with Crippen LogP contribution in [0.5, 0.6) is 5.75 Å². The maximum absolute atomic E-state index is 5.67. The van der Waals surface area contributed by atoms with Gasteiger partial charge in [-0.3, -0.25) is 0 Å². The monoisotopic (exact) mass is 219 g/mol. The highest BCUT2D eigenvalue weighted by Crippen LogP contribution is 2.21. The number of benzene rings is 1. The number of fused-ring (bicyclic) bond motifs is 1. The molecule has 1 aromatic carbocycles. The number of aryl methyl sites for hydroxylation is 1. The van der Waals surface area contributed by atoms with Crippen LogP contribution in [-0.2, 0) is 13.1 Å². The average Bonchev–Trinajstić information content (AvgIpc) is 2.66. The third-order valence-electron chi connectivity index (χ3n) is 2.61. The Hall–Kier alpha value is -1.55. The zero-order chi connectivity index (χ0) is 11.5.